The Morgan fingerprint density at radius 3 is 1.90 bits per heavy atom. The van der Waals surface area contributed by atoms with Crippen LogP contribution in [0.1, 0.15) is 46.0 Å². The molecule has 0 heterocycles. The standard InChI is InChI=1S/C17H31N5O7/c1-9(19)14(25)21-11(5-3-4-8-18)16(27)20-10(2)15(26)22-12(17(28)29)6-7-13(23)24/h9-12H,3-8,18-19H2,1-2H3,(H,20,27)(H,21,25)(H,22,26)(H,23,24)(H,28,29). The maximum Gasteiger partial charge on any atom is 0.326 e. The van der Waals surface area contributed by atoms with E-state index in [0.29, 0.717) is 19.4 Å². The zero-order valence-corrected chi connectivity index (χ0v) is 16.6. The second kappa shape index (κ2) is 13.4. The van der Waals surface area contributed by atoms with Crippen LogP contribution in [0.3, 0.4) is 0 Å². The molecular formula is C17H31N5O7. The van der Waals surface area contributed by atoms with Gasteiger partial charge in [-0.3, -0.25) is 19.2 Å². The molecule has 0 aliphatic heterocycles. The molecule has 9 N–H and O–H groups in total. The van der Waals surface area contributed by atoms with E-state index < -0.39 is 60.2 Å². The van der Waals surface area contributed by atoms with Gasteiger partial charge in [0.2, 0.25) is 17.7 Å². The molecule has 29 heavy (non-hydrogen) atoms. The molecule has 0 fully saturated rings. The van der Waals surface area contributed by atoms with E-state index in [1.807, 2.05) is 0 Å². The van der Waals surface area contributed by atoms with E-state index in [1.54, 1.807) is 0 Å². The molecule has 0 aromatic rings. The van der Waals surface area contributed by atoms with Crippen LogP contribution in [0.15, 0.2) is 0 Å². The first-order chi connectivity index (χ1) is 13.5. The highest BCUT2D eigenvalue weighted by Gasteiger charge is 2.27. The van der Waals surface area contributed by atoms with Gasteiger partial charge in [0.05, 0.1) is 6.04 Å². The summed E-state index contributed by atoms with van der Waals surface area (Å²) >= 11 is 0. The fraction of sp³-hybridized carbons (Fsp3) is 0.706. The molecule has 0 rings (SSSR count). The molecular weight excluding hydrogens is 386 g/mol. The van der Waals surface area contributed by atoms with Gasteiger partial charge in [-0.1, -0.05) is 0 Å². The maximum absolute atomic E-state index is 12.5. The third kappa shape index (κ3) is 11.0. The third-order valence-electron chi connectivity index (χ3n) is 4.01. The molecule has 3 amide bonds. The lowest BCUT2D eigenvalue weighted by Gasteiger charge is -2.23. The topological polar surface area (TPSA) is 214 Å². The van der Waals surface area contributed by atoms with Gasteiger partial charge in [0, 0.05) is 6.42 Å². The number of carboxylic acids is 2. The zero-order valence-electron chi connectivity index (χ0n) is 16.6. The molecule has 4 atom stereocenters. The van der Waals surface area contributed by atoms with Crippen molar-refractivity contribution < 1.29 is 34.2 Å². The number of unbranched alkanes of at least 4 members (excludes halogenated alkanes) is 1. The van der Waals surface area contributed by atoms with Gasteiger partial charge in [-0.2, -0.15) is 0 Å². The van der Waals surface area contributed by atoms with Crippen molar-refractivity contribution in [2.45, 2.75) is 70.1 Å². The Labute approximate surface area is 168 Å². The van der Waals surface area contributed by atoms with E-state index >= 15 is 0 Å². The van der Waals surface area contributed by atoms with Crippen LogP contribution in [0.2, 0.25) is 0 Å². The largest absolute Gasteiger partial charge is 0.481 e. The first kappa shape index (κ1) is 26.3. The van der Waals surface area contributed by atoms with Gasteiger partial charge in [0.15, 0.2) is 0 Å². The number of hydrogen-bond acceptors (Lipinski definition) is 7. The highest BCUT2D eigenvalue weighted by molar-refractivity contribution is 5.93. The summed E-state index contributed by atoms with van der Waals surface area (Å²) in [7, 11) is 0. The molecule has 0 radical (unpaired) electrons. The van der Waals surface area contributed by atoms with Crippen molar-refractivity contribution >= 4 is 29.7 Å². The number of aliphatic carboxylic acids is 2. The predicted molar refractivity (Wildman–Crippen MR) is 103 cm³/mol. The molecule has 0 spiro atoms. The fourth-order valence-electron chi connectivity index (χ4n) is 2.27. The quantitative estimate of drug-likeness (QED) is 0.154. The summed E-state index contributed by atoms with van der Waals surface area (Å²) in [5.74, 6) is -4.54. The van der Waals surface area contributed by atoms with Gasteiger partial charge < -0.3 is 37.6 Å². The van der Waals surface area contributed by atoms with Crippen LogP contribution in [-0.2, 0) is 24.0 Å². The molecule has 12 nitrogen and oxygen atoms in total. The monoisotopic (exact) mass is 417 g/mol. The number of carbonyl (C=O) groups is 5. The van der Waals surface area contributed by atoms with E-state index in [4.69, 9.17) is 21.7 Å². The third-order valence-corrected chi connectivity index (χ3v) is 4.01. The average molecular weight is 417 g/mol. The van der Waals surface area contributed by atoms with Crippen molar-refractivity contribution in [3.05, 3.63) is 0 Å². The first-order valence-electron chi connectivity index (χ1n) is 9.30. The minimum atomic E-state index is -1.41. The van der Waals surface area contributed by atoms with Crippen LogP contribution >= 0.6 is 0 Å². The van der Waals surface area contributed by atoms with Gasteiger partial charge in [-0.25, -0.2) is 4.79 Å². The van der Waals surface area contributed by atoms with Crippen molar-refractivity contribution in [3.63, 3.8) is 0 Å². The van der Waals surface area contributed by atoms with E-state index in [9.17, 15) is 24.0 Å². The van der Waals surface area contributed by atoms with Crippen molar-refractivity contribution in [2.24, 2.45) is 11.5 Å². The van der Waals surface area contributed by atoms with Crippen molar-refractivity contribution in [3.8, 4) is 0 Å². The number of hydrogen-bond donors (Lipinski definition) is 7. The second-order valence-corrected chi connectivity index (χ2v) is 6.70. The predicted octanol–water partition coefficient (Wildman–Crippen LogP) is -2.11. The molecule has 166 valence electrons. The van der Waals surface area contributed by atoms with E-state index in [0.717, 1.165) is 0 Å². The van der Waals surface area contributed by atoms with Gasteiger partial charge in [0.25, 0.3) is 0 Å². The Morgan fingerprint density at radius 1 is 0.828 bits per heavy atom. The molecule has 0 bridgehead atoms. The molecule has 4 unspecified atom stereocenters. The summed E-state index contributed by atoms with van der Waals surface area (Å²) in [4.78, 5) is 58.3. The average Bonchev–Trinajstić information content (AvgIpc) is 2.63. The smallest absolute Gasteiger partial charge is 0.326 e. The van der Waals surface area contributed by atoms with Crippen LogP contribution in [-0.4, -0.2) is 70.6 Å². The van der Waals surface area contributed by atoms with Gasteiger partial charge in [-0.05, 0) is 46.1 Å². The van der Waals surface area contributed by atoms with Crippen molar-refractivity contribution in [2.75, 3.05) is 6.54 Å². The Balaban J connectivity index is 4.93. The van der Waals surface area contributed by atoms with E-state index in [-0.39, 0.29) is 12.8 Å². The number of nitrogens with two attached hydrogens (primary N) is 2. The molecule has 0 aliphatic rings. The Morgan fingerprint density at radius 2 is 1.41 bits per heavy atom. The van der Waals surface area contributed by atoms with Gasteiger partial charge >= 0.3 is 11.9 Å². The molecule has 12 heteroatoms. The molecule has 0 aromatic heterocycles. The number of carbonyl (C=O) groups excluding carboxylic acids is 3. The minimum Gasteiger partial charge on any atom is -0.481 e. The summed E-state index contributed by atoms with van der Waals surface area (Å²) < 4.78 is 0. The summed E-state index contributed by atoms with van der Waals surface area (Å²) in [5.41, 5.74) is 10.9. The minimum absolute atomic E-state index is 0.284. The molecule has 0 aromatic carbocycles. The van der Waals surface area contributed by atoms with Gasteiger partial charge in [-0.15, -0.1) is 0 Å². The Kier molecular flexibility index (Phi) is 12.2. The lowest BCUT2D eigenvalue weighted by Crippen LogP contribution is -2.56. The number of amides is 3. The summed E-state index contributed by atoms with van der Waals surface area (Å²) in [6.07, 6.45) is 0.738. The van der Waals surface area contributed by atoms with E-state index in [2.05, 4.69) is 16.0 Å². The van der Waals surface area contributed by atoms with Crippen LogP contribution in [0.5, 0.6) is 0 Å². The van der Waals surface area contributed by atoms with Crippen LogP contribution < -0.4 is 27.4 Å². The lowest BCUT2D eigenvalue weighted by molar-refractivity contribution is -0.143. The van der Waals surface area contributed by atoms with Crippen LogP contribution in [0, 0.1) is 0 Å². The summed E-state index contributed by atoms with van der Waals surface area (Å²) in [6, 6.07) is -4.28. The fourth-order valence-corrected chi connectivity index (χ4v) is 2.27. The number of rotatable bonds is 14. The van der Waals surface area contributed by atoms with Gasteiger partial charge in [0.1, 0.15) is 18.1 Å². The van der Waals surface area contributed by atoms with Crippen LogP contribution in [0.25, 0.3) is 0 Å². The zero-order chi connectivity index (χ0) is 22.6. The summed E-state index contributed by atoms with van der Waals surface area (Å²) in [6.45, 7) is 3.22. The van der Waals surface area contributed by atoms with Crippen molar-refractivity contribution in [1.29, 1.82) is 0 Å². The summed E-state index contributed by atoms with van der Waals surface area (Å²) in [5, 5.41) is 24.9. The number of carboxylic acid groups (broad SMARTS) is 2. The normalized spacial score (nSPS) is 14.8. The van der Waals surface area contributed by atoms with Crippen molar-refractivity contribution in [1.82, 2.24) is 16.0 Å². The molecule has 0 saturated carbocycles. The highest BCUT2D eigenvalue weighted by atomic mass is 16.4. The number of nitrogens with one attached hydrogen (secondary N) is 3. The van der Waals surface area contributed by atoms with E-state index in [1.165, 1.54) is 13.8 Å². The first-order valence-corrected chi connectivity index (χ1v) is 9.30. The lowest BCUT2D eigenvalue weighted by atomic mass is 10.1. The second-order valence-electron chi connectivity index (χ2n) is 6.70. The SMILES string of the molecule is CC(N)C(=O)NC(CCCCN)C(=O)NC(C)C(=O)NC(CCC(=O)O)C(=O)O. The van der Waals surface area contributed by atoms with Crippen LogP contribution in [0.4, 0.5) is 0 Å². The highest BCUT2D eigenvalue weighted by Crippen LogP contribution is 2.03. The Bertz CT molecular complexity index is 597. The molecule has 0 aliphatic carbocycles. The maximum atomic E-state index is 12.5. The Hall–Kier alpha value is -2.73. The molecule has 0 saturated heterocycles.